The second-order valence-corrected chi connectivity index (χ2v) is 10.9. The fraction of sp³-hybridized carbons (Fsp3) is 0.435. The van der Waals surface area contributed by atoms with Crippen LogP contribution < -0.4 is 10.0 Å². The molecule has 0 saturated carbocycles. The maximum atomic E-state index is 13.1. The number of amides is 1. The van der Waals surface area contributed by atoms with E-state index in [1.54, 1.807) is 24.3 Å². The van der Waals surface area contributed by atoms with E-state index in [2.05, 4.69) is 15.0 Å². The molecule has 2 heterocycles. The number of hydrogen-bond acceptors (Lipinski definition) is 6. The Hall–Kier alpha value is -2.24. The Morgan fingerprint density at radius 1 is 1.11 bits per heavy atom. The van der Waals surface area contributed by atoms with Crippen LogP contribution in [0.5, 0.6) is 0 Å². The maximum Gasteiger partial charge on any atom is 0.324 e. The predicted octanol–water partition coefficient (Wildman–Crippen LogP) is 3.82. The van der Waals surface area contributed by atoms with Crippen LogP contribution in [0.3, 0.4) is 0 Å². The first-order chi connectivity index (χ1) is 16.5. The van der Waals surface area contributed by atoms with Crippen LogP contribution in [0.2, 0.25) is 10.0 Å². The predicted molar refractivity (Wildman–Crippen MR) is 135 cm³/mol. The number of aromatic nitrogens is 1. The molecule has 1 aliphatic rings. The average Bonchev–Trinajstić information content (AvgIpc) is 2.78. The van der Waals surface area contributed by atoms with E-state index in [0.29, 0.717) is 11.3 Å². The average molecular weight is 543 g/mol. The summed E-state index contributed by atoms with van der Waals surface area (Å²) in [6, 6.07) is 5.19. The molecule has 0 aliphatic carbocycles. The van der Waals surface area contributed by atoms with Gasteiger partial charge in [-0.15, -0.1) is 0 Å². The van der Waals surface area contributed by atoms with E-state index in [0.717, 1.165) is 19.3 Å². The molecule has 1 aromatic carbocycles. The lowest BCUT2D eigenvalue weighted by Gasteiger charge is -2.38. The molecule has 1 saturated heterocycles. The van der Waals surface area contributed by atoms with E-state index >= 15 is 0 Å². The minimum absolute atomic E-state index is 0.0682. The van der Waals surface area contributed by atoms with Gasteiger partial charge in [-0.1, -0.05) is 41.8 Å². The molecular formula is C23H28Cl2N4O5S. The molecule has 1 aromatic heterocycles. The zero-order chi connectivity index (χ0) is 25.8. The molecule has 0 bridgehead atoms. The number of benzene rings is 1. The number of nitrogens with one attached hydrogen (secondary N) is 2. The number of methoxy groups -OCH3 is 1. The van der Waals surface area contributed by atoms with Crippen molar-refractivity contribution in [3.05, 3.63) is 57.8 Å². The topological polar surface area (TPSA) is 118 Å². The summed E-state index contributed by atoms with van der Waals surface area (Å²) in [7, 11) is -2.71. The van der Waals surface area contributed by atoms with Crippen molar-refractivity contribution in [3.8, 4) is 0 Å². The van der Waals surface area contributed by atoms with Gasteiger partial charge in [0.15, 0.2) is 0 Å². The normalized spacial score (nSPS) is 19.7. The van der Waals surface area contributed by atoms with Gasteiger partial charge >= 0.3 is 5.97 Å². The molecule has 2 N–H and O–H groups in total. The van der Waals surface area contributed by atoms with Crippen LogP contribution in [0.1, 0.15) is 49.0 Å². The summed E-state index contributed by atoms with van der Waals surface area (Å²) in [4.78, 5) is 28.8. The molecular weight excluding hydrogens is 515 g/mol. The number of ether oxygens (including phenoxy) is 1. The van der Waals surface area contributed by atoms with Gasteiger partial charge in [0.2, 0.25) is 0 Å². The van der Waals surface area contributed by atoms with Crippen LogP contribution >= 0.6 is 23.2 Å². The highest BCUT2D eigenvalue weighted by Gasteiger charge is 2.37. The van der Waals surface area contributed by atoms with Crippen LogP contribution in [-0.4, -0.2) is 54.8 Å². The highest BCUT2D eigenvalue weighted by atomic mass is 35.5. The minimum Gasteiger partial charge on any atom is -0.468 e. The molecule has 1 aliphatic heterocycles. The Bertz CT molecular complexity index is 1150. The van der Waals surface area contributed by atoms with Gasteiger partial charge in [-0.25, -0.2) is 0 Å². The third kappa shape index (κ3) is 6.71. The van der Waals surface area contributed by atoms with Gasteiger partial charge in [-0.05, 0) is 50.8 Å². The molecule has 12 heteroatoms. The molecule has 2 unspecified atom stereocenters. The number of halogens is 2. The van der Waals surface area contributed by atoms with Crippen molar-refractivity contribution in [3.63, 3.8) is 0 Å². The van der Waals surface area contributed by atoms with Crippen molar-refractivity contribution in [2.45, 2.75) is 57.7 Å². The minimum atomic E-state index is -3.92. The molecule has 35 heavy (non-hydrogen) atoms. The number of anilines is 1. The first kappa shape index (κ1) is 27.3. The van der Waals surface area contributed by atoms with Gasteiger partial charge in [-0.2, -0.15) is 17.4 Å². The van der Waals surface area contributed by atoms with E-state index in [4.69, 9.17) is 27.9 Å². The summed E-state index contributed by atoms with van der Waals surface area (Å²) in [5.74, 6) is -1.19. The standard InChI is InChI=1S/C23H28Cl2N4O5S/c1-14-5-4-6-15(2)29(14)35(32,33)28-20(23(31)34-3)11-16-7-9-17(10-8-16)27-22(30)21-18(24)12-26-13-19(21)25/h7-10,12-15,20,28H,4-6,11H2,1-3H3,(H,27,30)/t14?,15?,20-/m0/s1. The molecule has 0 radical (unpaired) electrons. The molecule has 0 spiro atoms. The summed E-state index contributed by atoms with van der Waals surface area (Å²) in [6.07, 6.45) is 5.19. The van der Waals surface area contributed by atoms with Gasteiger partial charge in [0.05, 0.1) is 22.7 Å². The fourth-order valence-electron chi connectivity index (χ4n) is 4.21. The summed E-state index contributed by atoms with van der Waals surface area (Å²) in [5.41, 5.74) is 1.24. The molecule has 3 atom stereocenters. The SMILES string of the molecule is COC(=O)[C@H](Cc1ccc(NC(=O)c2c(Cl)cncc2Cl)cc1)NS(=O)(=O)N1C(C)CCCC1C. The molecule has 3 rings (SSSR count). The number of piperidine rings is 1. The number of pyridine rings is 1. The highest BCUT2D eigenvalue weighted by Crippen LogP contribution is 2.26. The lowest BCUT2D eigenvalue weighted by Crippen LogP contribution is -2.56. The monoisotopic (exact) mass is 542 g/mol. The van der Waals surface area contributed by atoms with Crippen LogP contribution in [0.4, 0.5) is 5.69 Å². The van der Waals surface area contributed by atoms with Crippen molar-refractivity contribution < 1.29 is 22.7 Å². The van der Waals surface area contributed by atoms with Crippen LogP contribution in [0.25, 0.3) is 0 Å². The van der Waals surface area contributed by atoms with E-state index < -0.39 is 28.1 Å². The van der Waals surface area contributed by atoms with Crippen molar-refractivity contribution in [2.24, 2.45) is 0 Å². The highest BCUT2D eigenvalue weighted by molar-refractivity contribution is 7.87. The quantitative estimate of drug-likeness (QED) is 0.489. The third-order valence-corrected chi connectivity index (χ3v) is 8.33. The van der Waals surface area contributed by atoms with Crippen molar-refractivity contribution >= 4 is 51.0 Å². The number of rotatable bonds is 8. The Balaban J connectivity index is 1.72. The molecule has 9 nitrogen and oxygen atoms in total. The zero-order valence-corrected chi connectivity index (χ0v) is 22.0. The van der Waals surface area contributed by atoms with E-state index in [9.17, 15) is 18.0 Å². The van der Waals surface area contributed by atoms with Gasteiger partial charge in [0.25, 0.3) is 16.1 Å². The third-order valence-electron chi connectivity index (χ3n) is 5.90. The van der Waals surface area contributed by atoms with Gasteiger partial charge in [0.1, 0.15) is 6.04 Å². The van der Waals surface area contributed by atoms with Crippen LogP contribution in [-0.2, 0) is 26.2 Å². The molecule has 190 valence electrons. The summed E-state index contributed by atoms with van der Waals surface area (Å²) < 4.78 is 35.1. The number of carbonyl (C=O) groups is 2. The fourth-order valence-corrected chi connectivity index (χ4v) is 6.56. The second-order valence-electron chi connectivity index (χ2n) is 8.49. The zero-order valence-electron chi connectivity index (χ0n) is 19.6. The first-order valence-electron chi connectivity index (χ1n) is 11.1. The van der Waals surface area contributed by atoms with Crippen LogP contribution in [0, 0.1) is 0 Å². The van der Waals surface area contributed by atoms with E-state index in [1.165, 1.54) is 23.8 Å². The largest absolute Gasteiger partial charge is 0.468 e. The van der Waals surface area contributed by atoms with Crippen molar-refractivity contribution in [1.29, 1.82) is 0 Å². The van der Waals surface area contributed by atoms with E-state index in [1.807, 2.05) is 13.8 Å². The van der Waals surface area contributed by atoms with E-state index in [-0.39, 0.29) is 34.1 Å². The maximum absolute atomic E-state index is 13.1. The van der Waals surface area contributed by atoms with Crippen molar-refractivity contribution in [2.75, 3.05) is 12.4 Å². The Kier molecular flexibility index (Phi) is 9.11. The number of carbonyl (C=O) groups excluding carboxylic acids is 2. The number of nitrogens with zero attached hydrogens (tertiary/aromatic N) is 2. The number of esters is 1. The molecule has 1 amide bonds. The summed E-state index contributed by atoms with van der Waals surface area (Å²) in [6.45, 7) is 3.72. The van der Waals surface area contributed by atoms with Gasteiger partial charge < -0.3 is 10.1 Å². The Labute approximate surface area is 215 Å². The summed E-state index contributed by atoms with van der Waals surface area (Å²) in [5, 5.41) is 2.94. The smallest absolute Gasteiger partial charge is 0.324 e. The Morgan fingerprint density at radius 3 is 2.23 bits per heavy atom. The van der Waals surface area contributed by atoms with Crippen LogP contribution in [0.15, 0.2) is 36.7 Å². The van der Waals surface area contributed by atoms with Gasteiger partial charge in [-0.3, -0.25) is 14.6 Å². The first-order valence-corrected chi connectivity index (χ1v) is 13.3. The van der Waals surface area contributed by atoms with Gasteiger partial charge in [0, 0.05) is 30.2 Å². The Morgan fingerprint density at radius 2 is 1.69 bits per heavy atom. The lowest BCUT2D eigenvalue weighted by atomic mass is 10.0. The lowest BCUT2D eigenvalue weighted by molar-refractivity contribution is -0.142. The number of hydrogen-bond donors (Lipinski definition) is 2. The summed E-state index contributed by atoms with van der Waals surface area (Å²) >= 11 is 12.1. The molecule has 1 fully saturated rings. The van der Waals surface area contributed by atoms with Crippen molar-refractivity contribution in [1.82, 2.24) is 14.0 Å². The molecule has 2 aromatic rings. The second kappa shape index (κ2) is 11.7.